The van der Waals surface area contributed by atoms with E-state index >= 15 is 0 Å². The Labute approximate surface area is 144 Å². The first-order chi connectivity index (χ1) is 11.8. The molecule has 4 saturated heterocycles. The van der Waals surface area contributed by atoms with Crippen molar-refractivity contribution in [2.75, 3.05) is 42.9 Å². The van der Waals surface area contributed by atoms with E-state index in [0.717, 1.165) is 56.9 Å². The van der Waals surface area contributed by atoms with E-state index in [0.29, 0.717) is 5.92 Å². The van der Waals surface area contributed by atoms with E-state index in [2.05, 4.69) is 21.2 Å². The number of hydrogen-bond donors (Lipinski definition) is 1. The Hall–Kier alpha value is -1.75. The summed E-state index contributed by atoms with van der Waals surface area (Å²) < 4.78 is 5.76. The van der Waals surface area contributed by atoms with Crippen molar-refractivity contribution in [3.63, 3.8) is 0 Å². The molecule has 0 aliphatic carbocycles. The summed E-state index contributed by atoms with van der Waals surface area (Å²) in [6, 6.07) is 8.07. The number of carbonyl (C=O) groups excluding carboxylic acids is 1. The first-order valence-electron chi connectivity index (χ1n) is 9.33. The van der Waals surface area contributed by atoms with E-state index < -0.39 is 0 Å². The summed E-state index contributed by atoms with van der Waals surface area (Å²) in [4.78, 5) is 17.2. The lowest BCUT2D eigenvalue weighted by atomic mass is 9.86. The van der Waals surface area contributed by atoms with Crippen molar-refractivity contribution < 1.29 is 9.53 Å². The zero-order valence-electron chi connectivity index (χ0n) is 14.2. The third kappa shape index (κ3) is 3.36. The predicted octanol–water partition coefficient (Wildman–Crippen LogP) is 3.32. The summed E-state index contributed by atoms with van der Waals surface area (Å²) in [5.74, 6) is 0.540. The summed E-state index contributed by atoms with van der Waals surface area (Å²) in [5, 5.41) is 2.99. The highest BCUT2D eigenvalue weighted by atomic mass is 16.6. The molecule has 4 heterocycles. The van der Waals surface area contributed by atoms with Crippen LogP contribution in [-0.2, 0) is 4.74 Å². The van der Waals surface area contributed by atoms with Gasteiger partial charge in [-0.25, -0.2) is 4.79 Å². The molecule has 1 amide bonds. The van der Waals surface area contributed by atoms with E-state index in [4.69, 9.17) is 4.74 Å². The second-order valence-electron chi connectivity index (χ2n) is 7.27. The normalized spacial score (nSPS) is 29.3. The van der Waals surface area contributed by atoms with Crippen LogP contribution in [0.15, 0.2) is 24.3 Å². The Morgan fingerprint density at radius 1 is 1.04 bits per heavy atom. The molecule has 4 aliphatic rings. The average Bonchev–Trinajstić information content (AvgIpc) is 2.64. The zero-order chi connectivity index (χ0) is 16.4. The van der Waals surface area contributed by atoms with E-state index in [1.165, 1.54) is 19.3 Å². The van der Waals surface area contributed by atoms with E-state index in [1.807, 2.05) is 18.2 Å². The molecule has 1 aromatic carbocycles. The first kappa shape index (κ1) is 15.8. The van der Waals surface area contributed by atoms with E-state index in [-0.39, 0.29) is 12.2 Å². The number of amides is 1. The molecule has 24 heavy (non-hydrogen) atoms. The molecule has 1 atom stereocenters. The van der Waals surface area contributed by atoms with Crippen molar-refractivity contribution in [2.24, 2.45) is 5.92 Å². The maximum atomic E-state index is 12.4. The van der Waals surface area contributed by atoms with Gasteiger partial charge in [0, 0.05) is 19.6 Å². The van der Waals surface area contributed by atoms with E-state index in [1.54, 1.807) is 0 Å². The molecule has 0 spiro atoms. The highest BCUT2D eigenvalue weighted by Gasteiger charge is 2.36. The number of hydrogen-bond acceptors (Lipinski definition) is 4. The van der Waals surface area contributed by atoms with Crippen LogP contribution in [0.1, 0.15) is 32.1 Å². The Kier molecular flexibility index (Phi) is 4.60. The lowest BCUT2D eigenvalue weighted by Crippen LogP contribution is -2.52. The monoisotopic (exact) mass is 329 g/mol. The fraction of sp³-hybridized carbons (Fsp3) is 0.632. The second kappa shape index (κ2) is 7.01. The molecule has 130 valence electrons. The van der Waals surface area contributed by atoms with Gasteiger partial charge < -0.3 is 9.64 Å². The smallest absolute Gasteiger partial charge is 0.412 e. The quantitative estimate of drug-likeness (QED) is 0.924. The summed E-state index contributed by atoms with van der Waals surface area (Å²) in [7, 11) is 0. The van der Waals surface area contributed by atoms with E-state index in [9.17, 15) is 4.79 Å². The molecule has 4 fully saturated rings. The third-order valence-electron chi connectivity index (χ3n) is 5.69. The lowest BCUT2D eigenvalue weighted by Gasteiger charge is -2.43. The van der Waals surface area contributed by atoms with Gasteiger partial charge in [0.15, 0.2) is 0 Å². The van der Waals surface area contributed by atoms with Crippen molar-refractivity contribution in [1.29, 1.82) is 0 Å². The predicted molar refractivity (Wildman–Crippen MR) is 95.6 cm³/mol. The van der Waals surface area contributed by atoms with Crippen molar-refractivity contribution >= 4 is 17.5 Å². The minimum Gasteiger partial charge on any atom is -0.444 e. The van der Waals surface area contributed by atoms with Gasteiger partial charge in [-0.15, -0.1) is 0 Å². The zero-order valence-corrected chi connectivity index (χ0v) is 14.2. The molecule has 0 aromatic heterocycles. The van der Waals surface area contributed by atoms with Crippen LogP contribution in [0, 0.1) is 5.92 Å². The number of nitrogens with zero attached hydrogens (tertiary/aromatic N) is 2. The maximum Gasteiger partial charge on any atom is 0.412 e. The van der Waals surface area contributed by atoms with Crippen LogP contribution in [-0.4, -0.2) is 49.8 Å². The highest BCUT2D eigenvalue weighted by molar-refractivity contribution is 5.89. The number of fused-ring (bicyclic) bond motifs is 3. The molecule has 1 unspecified atom stereocenters. The third-order valence-corrected chi connectivity index (χ3v) is 5.69. The number of piperidine rings is 4. The molecule has 5 rings (SSSR count). The Morgan fingerprint density at radius 2 is 1.79 bits per heavy atom. The van der Waals surface area contributed by atoms with Gasteiger partial charge in [-0.2, -0.15) is 0 Å². The van der Waals surface area contributed by atoms with Gasteiger partial charge in [0.2, 0.25) is 0 Å². The van der Waals surface area contributed by atoms with Crippen LogP contribution < -0.4 is 10.2 Å². The number of para-hydroxylation sites is 2. The standard InChI is InChI=1S/C19H27N3O2/c23-19(24-18-14-21-12-8-15(18)9-13-21)20-16-6-2-3-7-17(16)22-10-4-1-5-11-22/h2-3,6-7,15,18H,1,4-5,8-14H2,(H,20,23). The Bertz CT molecular complexity index is 578. The molecule has 4 aliphatic heterocycles. The van der Waals surface area contributed by atoms with Crippen LogP contribution in [0.3, 0.4) is 0 Å². The van der Waals surface area contributed by atoms with Crippen molar-refractivity contribution in [1.82, 2.24) is 4.90 Å². The summed E-state index contributed by atoms with van der Waals surface area (Å²) >= 11 is 0. The van der Waals surface area contributed by atoms with Gasteiger partial charge in [0.05, 0.1) is 11.4 Å². The number of carbonyl (C=O) groups is 1. The van der Waals surface area contributed by atoms with Crippen LogP contribution in [0.5, 0.6) is 0 Å². The molecule has 1 N–H and O–H groups in total. The van der Waals surface area contributed by atoms with Crippen LogP contribution in [0.4, 0.5) is 16.2 Å². The van der Waals surface area contributed by atoms with Crippen LogP contribution in [0.25, 0.3) is 0 Å². The van der Waals surface area contributed by atoms with Crippen molar-refractivity contribution in [2.45, 2.75) is 38.2 Å². The molecule has 0 radical (unpaired) electrons. The fourth-order valence-corrected chi connectivity index (χ4v) is 4.31. The van der Waals surface area contributed by atoms with Gasteiger partial charge in [-0.3, -0.25) is 10.2 Å². The minimum atomic E-state index is -0.307. The Morgan fingerprint density at radius 3 is 2.50 bits per heavy atom. The summed E-state index contributed by atoms with van der Waals surface area (Å²) in [6.07, 6.45) is 5.79. The van der Waals surface area contributed by atoms with Crippen molar-refractivity contribution in [3.05, 3.63) is 24.3 Å². The molecule has 0 saturated carbocycles. The van der Waals surface area contributed by atoms with Gasteiger partial charge in [-0.05, 0) is 63.2 Å². The Balaban J connectivity index is 1.40. The maximum absolute atomic E-state index is 12.4. The van der Waals surface area contributed by atoms with Gasteiger partial charge in [-0.1, -0.05) is 12.1 Å². The number of anilines is 2. The summed E-state index contributed by atoms with van der Waals surface area (Å²) in [6.45, 7) is 5.33. The van der Waals surface area contributed by atoms with Crippen LogP contribution >= 0.6 is 0 Å². The van der Waals surface area contributed by atoms with Gasteiger partial charge in [0.25, 0.3) is 0 Å². The van der Waals surface area contributed by atoms with Crippen molar-refractivity contribution in [3.8, 4) is 0 Å². The SMILES string of the molecule is O=C(Nc1ccccc1N1CCCCC1)OC1CN2CCC1CC2. The number of nitrogens with one attached hydrogen (secondary N) is 1. The molecule has 1 aromatic rings. The number of ether oxygens (including phenoxy) is 1. The lowest BCUT2D eigenvalue weighted by molar-refractivity contribution is -0.0289. The largest absolute Gasteiger partial charge is 0.444 e. The van der Waals surface area contributed by atoms with Gasteiger partial charge >= 0.3 is 6.09 Å². The first-order valence-corrected chi connectivity index (χ1v) is 9.33. The summed E-state index contributed by atoms with van der Waals surface area (Å²) in [5.41, 5.74) is 1.98. The fourth-order valence-electron chi connectivity index (χ4n) is 4.31. The topological polar surface area (TPSA) is 44.8 Å². The molecule has 5 heteroatoms. The van der Waals surface area contributed by atoms with Crippen LogP contribution in [0.2, 0.25) is 0 Å². The second-order valence-corrected chi connectivity index (χ2v) is 7.27. The average molecular weight is 329 g/mol. The minimum absolute atomic E-state index is 0.0506. The molecule has 5 nitrogen and oxygen atoms in total. The highest BCUT2D eigenvalue weighted by Crippen LogP contribution is 2.31. The molecular weight excluding hydrogens is 302 g/mol. The number of benzene rings is 1. The number of rotatable bonds is 3. The van der Waals surface area contributed by atoms with Gasteiger partial charge in [0.1, 0.15) is 6.10 Å². The molecular formula is C19H27N3O2. The molecule has 2 bridgehead atoms.